The van der Waals surface area contributed by atoms with Gasteiger partial charge in [0, 0.05) is 23.7 Å². The molecule has 10 nitrogen and oxygen atoms in total. The largest absolute Gasteiger partial charge is 0.480 e. The number of carboxylic acid groups (broad SMARTS) is 1. The number of hydrogen-bond donors (Lipinski definition) is 3. The van der Waals surface area contributed by atoms with Crippen molar-refractivity contribution in [3.8, 4) is 0 Å². The maximum atomic E-state index is 11.5. The molecule has 2 aromatic rings. The van der Waals surface area contributed by atoms with Gasteiger partial charge in [-0.2, -0.15) is 0 Å². The zero-order valence-electron chi connectivity index (χ0n) is 12.4. The monoisotopic (exact) mass is 322 g/mol. The molecule has 0 bridgehead atoms. The van der Waals surface area contributed by atoms with Crippen LogP contribution < -0.4 is 11.1 Å². The van der Waals surface area contributed by atoms with Gasteiger partial charge in [-0.05, 0) is 14.0 Å². The second-order valence-electron chi connectivity index (χ2n) is 5.15. The SMILES string of the molecule is Cc1c([N+](=O)[O-])cc2[nH]c(=O)c(=O)[nH]c2c1CN(C)CC(=O)O. The number of H-pyrrole nitrogens is 2. The summed E-state index contributed by atoms with van der Waals surface area (Å²) >= 11 is 0. The van der Waals surface area contributed by atoms with Gasteiger partial charge in [0.05, 0.1) is 22.5 Å². The highest BCUT2D eigenvalue weighted by Crippen LogP contribution is 2.28. The second-order valence-corrected chi connectivity index (χ2v) is 5.15. The summed E-state index contributed by atoms with van der Waals surface area (Å²) in [6.07, 6.45) is 0. The molecule has 0 unspecified atom stereocenters. The summed E-state index contributed by atoms with van der Waals surface area (Å²) in [5.41, 5.74) is -0.985. The third-order valence-electron chi connectivity index (χ3n) is 3.41. The Balaban J connectivity index is 2.72. The minimum Gasteiger partial charge on any atom is -0.480 e. The van der Waals surface area contributed by atoms with Crippen molar-refractivity contribution in [1.29, 1.82) is 0 Å². The molecule has 0 fully saturated rings. The van der Waals surface area contributed by atoms with Crippen molar-refractivity contribution in [3.63, 3.8) is 0 Å². The molecule has 3 N–H and O–H groups in total. The number of aromatic nitrogens is 2. The van der Waals surface area contributed by atoms with E-state index in [-0.39, 0.29) is 29.8 Å². The normalized spacial score (nSPS) is 11.1. The lowest BCUT2D eigenvalue weighted by Crippen LogP contribution is -2.30. The van der Waals surface area contributed by atoms with Crippen molar-refractivity contribution in [2.75, 3.05) is 13.6 Å². The number of nitrogens with zero attached hydrogens (tertiary/aromatic N) is 2. The zero-order valence-corrected chi connectivity index (χ0v) is 12.4. The second kappa shape index (κ2) is 6.01. The highest BCUT2D eigenvalue weighted by atomic mass is 16.6. The third kappa shape index (κ3) is 3.26. The fraction of sp³-hybridized carbons (Fsp3) is 0.308. The summed E-state index contributed by atoms with van der Waals surface area (Å²) in [7, 11) is 1.53. The quantitative estimate of drug-likeness (QED) is 0.397. The molecule has 0 saturated carbocycles. The Morgan fingerprint density at radius 1 is 1.35 bits per heavy atom. The lowest BCUT2D eigenvalue weighted by molar-refractivity contribution is -0.385. The molecule has 2 rings (SSSR count). The van der Waals surface area contributed by atoms with E-state index in [0.29, 0.717) is 11.1 Å². The van der Waals surface area contributed by atoms with Gasteiger partial charge in [-0.25, -0.2) is 0 Å². The van der Waals surface area contributed by atoms with Crippen molar-refractivity contribution in [1.82, 2.24) is 14.9 Å². The molecule has 1 aromatic heterocycles. The number of rotatable bonds is 5. The van der Waals surface area contributed by atoms with E-state index in [1.165, 1.54) is 24.9 Å². The molecule has 1 heterocycles. The van der Waals surface area contributed by atoms with Crippen LogP contribution in [0.15, 0.2) is 15.7 Å². The first-order valence-corrected chi connectivity index (χ1v) is 6.54. The average Bonchev–Trinajstić information content (AvgIpc) is 2.42. The van der Waals surface area contributed by atoms with E-state index >= 15 is 0 Å². The van der Waals surface area contributed by atoms with Gasteiger partial charge in [0.25, 0.3) is 5.69 Å². The van der Waals surface area contributed by atoms with Crippen molar-refractivity contribution in [2.24, 2.45) is 0 Å². The molecule has 122 valence electrons. The van der Waals surface area contributed by atoms with E-state index in [2.05, 4.69) is 9.97 Å². The molecule has 0 atom stereocenters. The number of nitro benzene ring substituents is 1. The van der Waals surface area contributed by atoms with Gasteiger partial charge >= 0.3 is 17.1 Å². The maximum absolute atomic E-state index is 11.5. The van der Waals surface area contributed by atoms with Crippen LogP contribution in [0, 0.1) is 17.0 Å². The number of carboxylic acids is 1. The van der Waals surface area contributed by atoms with Crippen LogP contribution >= 0.6 is 0 Å². The molecule has 0 aliphatic carbocycles. The highest BCUT2D eigenvalue weighted by molar-refractivity contribution is 5.82. The van der Waals surface area contributed by atoms with Crippen LogP contribution in [-0.4, -0.2) is 44.5 Å². The Morgan fingerprint density at radius 3 is 2.52 bits per heavy atom. The zero-order chi connectivity index (χ0) is 17.3. The number of hydrogen-bond acceptors (Lipinski definition) is 6. The Hall–Kier alpha value is -3.01. The molecule has 0 saturated heterocycles. The standard InChI is InChI=1S/C13H14N4O6/c1-6-7(4-16(2)5-10(18)19)11-8(3-9(6)17(22)23)14-12(20)13(21)15-11/h3H,4-5H2,1-2H3,(H,14,20)(H,15,21)(H,18,19). The molecular weight excluding hydrogens is 308 g/mol. The Morgan fingerprint density at radius 2 is 1.96 bits per heavy atom. The van der Waals surface area contributed by atoms with Crippen LogP contribution in [0.5, 0.6) is 0 Å². The summed E-state index contributed by atoms with van der Waals surface area (Å²) in [6, 6.07) is 1.17. The van der Waals surface area contributed by atoms with Gasteiger partial charge in [-0.15, -0.1) is 0 Å². The summed E-state index contributed by atoms with van der Waals surface area (Å²) in [5, 5.41) is 20.0. The first kappa shape index (κ1) is 16.4. The van der Waals surface area contributed by atoms with Crippen molar-refractivity contribution in [3.05, 3.63) is 48.0 Å². The fourth-order valence-corrected chi connectivity index (χ4v) is 2.36. The van der Waals surface area contributed by atoms with Crippen LogP contribution in [0.1, 0.15) is 11.1 Å². The molecule has 0 radical (unpaired) electrons. The van der Waals surface area contributed by atoms with Crippen LogP contribution in [0.3, 0.4) is 0 Å². The van der Waals surface area contributed by atoms with E-state index in [1.807, 2.05) is 0 Å². The van der Waals surface area contributed by atoms with Gasteiger partial charge in [-0.3, -0.25) is 29.4 Å². The number of benzene rings is 1. The molecular formula is C13H14N4O6. The number of aromatic amines is 2. The van der Waals surface area contributed by atoms with Crippen molar-refractivity contribution >= 4 is 22.7 Å². The first-order valence-electron chi connectivity index (χ1n) is 6.54. The summed E-state index contributed by atoms with van der Waals surface area (Å²) < 4.78 is 0. The molecule has 0 spiro atoms. The van der Waals surface area contributed by atoms with Gasteiger partial charge in [0.1, 0.15) is 0 Å². The van der Waals surface area contributed by atoms with E-state index in [9.17, 15) is 24.5 Å². The molecule has 10 heteroatoms. The average molecular weight is 322 g/mol. The van der Waals surface area contributed by atoms with Crippen LogP contribution in [0.4, 0.5) is 5.69 Å². The number of nitrogens with one attached hydrogen (secondary N) is 2. The summed E-state index contributed by atoms with van der Waals surface area (Å²) in [6.45, 7) is 1.28. The van der Waals surface area contributed by atoms with E-state index < -0.39 is 22.0 Å². The van der Waals surface area contributed by atoms with Crippen molar-refractivity contribution in [2.45, 2.75) is 13.5 Å². The fourth-order valence-electron chi connectivity index (χ4n) is 2.36. The topological polar surface area (TPSA) is 149 Å². The number of aliphatic carboxylic acids is 1. The Labute approximate surface area is 128 Å². The van der Waals surface area contributed by atoms with Gasteiger partial charge in [-0.1, -0.05) is 0 Å². The van der Waals surface area contributed by atoms with E-state index in [4.69, 9.17) is 5.11 Å². The Bertz CT molecular complexity index is 913. The molecule has 0 aliphatic rings. The summed E-state index contributed by atoms with van der Waals surface area (Å²) in [4.78, 5) is 50.4. The number of likely N-dealkylation sites (N-methyl/N-ethyl adjacent to an activating group) is 1. The lowest BCUT2D eigenvalue weighted by Gasteiger charge is -2.17. The molecule has 23 heavy (non-hydrogen) atoms. The van der Waals surface area contributed by atoms with E-state index in [0.717, 1.165) is 0 Å². The summed E-state index contributed by atoms with van der Waals surface area (Å²) in [5.74, 6) is -1.05. The third-order valence-corrected chi connectivity index (χ3v) is 3.41. The Kier molecular flexibility index (Phi) is 4.27. The van der Waals surface area contributed by atoms with Gasteiger partial charge in [0.15, 0.2) is 0 Å². The number of fused-ring (bicyclic) bond motifs is 1. The lowest BCUT2D eigenvalue weighted by atomic mass is 10.0. The molecule has 0 amide bonds. The molecule has 1 aromatic carbocycles. The highest BCUT2D eigenvalue weighted by Gasteiger charge is 2.20. The first-order chi connectivity index (χ1) is 10.7. The van der Waals surface area contributed by atoms with Crippen LogP contribution in [0.2, 0.25) is 0 Å². The van der Waals surface area contributed by atoms with Crippen LogP contribution in [-0.2, 0) is 11.3 Å². The number of carbonyl (C=O) groups is 1. The van der Waals surface area contributed by atoms with E-state index in [1.54, 1.807) is 0 Å². The smallest absolute Gasteiger partial charge is 0.317 e. The van der Waals surface area contributed by atoms with Crippen molar-refractivity contribution < 1.29 is 14.8 Å². The predicted molar refractivity (Wildman–Crippen MR) is 80.6 cm³/mol. The predicted octanol–water partition coefficient (Wildman–Crippen LogP) is -0.0506. The van der Waals surface area contributed by atoms with Crippen LogP contribution in [0.25, 0.3) is 11.0 Å². The van der Waals surface area contributed by atoms with Gasteiger partial charge in [0.2, 0.25) is 0 Å². The molecule has 0 aliphatic heterocycles. The minimum absolute atomic E-state index is 0.0539. The minimum atomic E-state index is -1.05. The maximum Gasteiger partial charge on any atom is 0.317 e. The number of nitro groups is 1. The van der Waals surface area contributed by atoms with Gasteiger partial charge < -0.3 is 15.1 Å².